The first-order valence-electron chi connectivity index (χ1n) is 3.91. The smallest absolute Gasteiger partial charge is 0.0653 e. The lowest BCUT2D eigenvalue weighted by molar-refractivity contribution is 0.384. The average Bonchev–Trinajstić information content (AvgIpc) is 1.99. The Balaban J connectivity index is 3.83. The fraction of sp³-hybridized carbons (Fsp3) is 0.625. The number of aliphatic imine (C=N–C) groups is 1. The summed E-state index contributed by atoms with van der Waals surface area (Å²) in [5.41, 5.74) is 11.1. The van der Waals surface area contributed by atoms with Crippen molar-refractivity contribution in [1.82, 2.24) is 4.90 Å². The molecule has 0 bridgehead atoms. The third-order valence-corrected chi connectivity index (χ3v) is 1.30. The van der Waals surface area contributed by atoms with Crippen molar-refractivity contribution in [3.8, 4) is 0 Å². The monoisotopic (exact) mass is 170 g/mol. The van der Waals surface area contributed by atoms with Crippen molar-refractivity contribution in [1.29, 1.82) is 0 Å². The predicted octanol–water partition coefficient (Wildman–Crippen LogP) is -0.234. The molecule has 0 rings (SSSR count). The van der Waals surface area contributed by atoms with Gasteiger partial charge in [0.2, 0.25) is 0 Å². The number of rotatable bonds is 4. The molecule has 0 aliphatic rings. The van der Waals surface area contributed by atoms with Crippen molar-refractivity contribution in [2.75, 3.05) is 20.6 Å². The van der Waals surface area contributed by atoms with Crippen molar-refractivity contribution < 1.29 is 0 Å². The van der Waals surface area contributed by atoms with Crippen LogP contribution in [-0.4, -0.2) is 37.8 Å². The van der Waals surface area contributed by atoms with Gasteiger partial charge in [-0.1, -0.05) is 0 Å². The first-order valence-corrected chi connectivity index (χ1v) is 3.91. The third-order valence-electron chi connectivity index (χ3n) is 1.30. The molecule has 70 valence electrons. The van der Waals surface area contributed by atoms with Crippen LogP contribution >= 0.6 is 0 Å². The highest BCUT2D eigenvalue weighted by molar-refractivity contribution is 5.77. The van der Waals surface area contributed by atoms with Crippen molar-refractivity contribution in [3.05, 3.63) is 11.9 Å². The number of likely N-dealkylation sites (N-methyl/N-ethyl adjacent to an activating group) is 1. The molecule has 4 heteroatoms. The lowest BCUT2D eigenvalue weighted by Crippen LogP contribution is -2.22. The van der Waals surface area contributed by atoms with Crippen LogP contribution in [0.15, 0.2) is 16.9 Å². The van der Waals surface area contributed by atoms with E-state index < -0.39 is 0 Å². The third kappa shape index (κ3) is 5.73. The molecule has 0 fully saturated rings. The molecule has 0 saturated carbocycles. The minimum atomic E-state index is 0.249. The van der Waals surface area contributed by atoms with Gasteiger partial charge >= 0.3 is 0 Å². The molecule has 4 N–H and O–H groups in total. The van der Waals surface area contributed by atoms with Crippen LogP contribution < -0.4 is 11.5 Å². The Labute approximate surface area is 73.9 Å². The quantitative estimate of drug-likeness (QED) is 0.572. The van der Waals surface area contributed by atoms with E-state index in [2.05, 4.69) is 9.89 Å². The highest BCUT2D eigenvalue weighted by atomic mass is 15.1. The maximum Gasteiger partial charge on any atom is 0.0653 e. The summed E-state index contributed by atoms with van der Waals surface area (Å²) in [7, 11) is 4.02. The van der Waals surface area contributed by atoms with Crippen LogP contribution in [0.3, 0.4) is 0 Å². The van der Waals surface area contributed by atoms with Gasteiger partial charge in [0.25, 0.3) is 0 Å². The SMILES string of the molecule is CC(CN(C)C)N=C/C(N)=C\N. The van der Waals surface area contributed by atoms with Crippen LogP contribution in [0, 0.1) is 0 Å². The fourth-order valence-electron chi connectivity index (χ4n) is 0.832. The zero-order chi connectivity index (χ0) is 9.56. The first kappa shape index (κ1) is 11.0. The maximum absolute atomic E-state index is 5.43. The molecular weight excluding hydrogens is 152 g/mol. The number of hydrogen-bond donors (Lipinski definition) is 2. The van der Waals surface area contributed by atoms with Gasteiger partial charge in [0.15, 0.2) is 0 Å². The Morgan fingerprint density at radius 3 is 2.58 bits per heavy atom. The largest absolute Gasteiger partial charge is 0.403 e. The summed E-state index contributed by atoms with van der Waals surface area (Å²) in [4.78, 5) is 6.27. The molecule has 0 amide bonds. The van der Waals surface area contributed by atoms with E-state index in [9.17, 15) is 0 Å². The molecular formula is C8H18N4. The van der Waals surface area contributed by atoms with Gasteiger partial charge in [0.05, 0.1) is 11.7 Å². The summed E-state index contributed by atoms with van der Waals surface area (Å²) in [6, 6.07) is 0.249. The van der Waals surface area contributed by atoms with Gasteiger partial charge in [-0.3, -0.25) is 4.99 Å². The van der Waals surface area contributed by atoms with E-state index in [0.717, 1.165) is 6.54 Å². The van der Waals surface area contributed by atoms with Crippen LogP contribution in [0.2, 0.25) is 0 Å². The molecule has 0 radical (unpaired) electrons. The number of nitrogens with two attached hydrogens (primary N) is 2. The summed E-state index contributed by atoms with van der Waals surface area (Å²) in [6.45, 7) is 2.94. The van der Waals surface area contributed by atoms with Crippen molar-refractivity contribution in [2.24, 2.45) is 16.5 Å². The van der Waals surface area contributed by atoms with E-state index in [-0.39, 0.29) is 6.04 Å². The highest BCUT2D eigenvalue weighted by Crippen LogP contribution is 1.90. The number of allylic oxidation sites excluding steroid dienone is 1. The zero-order valence-electron chi connectivity index (χ0n) is 7.99. The van der Waals surface area contributed by atoms with Gasteiger partial charge in [-0.05, 0) is 21.0 Å². The number of hydrogen-bond acceptors (Lipinski definition) is 4. The minimum Gasteiger partial charge on any atom is -0.403 e. The van der Waals surface area contributed by atoms with Gasteiger partial charge in [0.1, 0.15) is 0 Å². The lowest BCUT2D eigenvalue weighted by atomic mass is 10.3. The van der Waals surface area contributed by atoms with E-state index in [4.69, 9.17) is 11.5 Å². The molecule has 12 heavy (non-hydrogen) atoms. The Hall–Kier alpha value is -1.03. The molecule has 0 heterocycles. The normalized spacial score (nSPS) is 15.8. The molecule has 1 atom stereocenters. The molecule has 0 aromatic rings. The Morgan fingerprint density at radius 2 is 2.17 bits per heavy atom. The molecule has 0 aromatic heterocycles. The Kier molecular flexibility index (Phi) is 5.12. The number of nitrogens with zero attached hydrogens (tertiary/aromatic N) is 2. The summed E-state index contributed by atoms with van der Waals surface area (Å²) >= 11 is 0. The van der Waals surface area contributed by atoms with Crippen LogP contribution in [-0.2, 0) is 0 Å². The van der Waals surface area contributed by atoms with Gasteiger partial charge in [-0.25, -0.2) is 0 Å². The van der Waals surface area contributed by atoms with E-state index in [0.29, 0.717) is 5.70 Å². The average molecular weight is 170 g/mol. The van der Waals surface area contributed by atoms with Crippen LogP contribution in [0.25, 0.3) is 0 Å². The Bertz CT molecular complexity index is 172. The van der Waals surface area contributed by atoms with E-state index >= 15 is 0 Å². The summed E-state index contributed by atoms with van der Waals surface area (Å²) in [6.07, 6.45) is 2.93. The molecule has 0 aliphatic carbocycles. The van der Waals surface area contributed by atoms with Gasteiger partial charge < -0.3 is 16.4 Å². The van der Waals surface area contributed by atoms with Gasteiger partial charge in [0, 0.05) is 19.0 Å². The molecule has 0 aliphatic heterocycles. The van der Waals surface area contributed by atoms with Gasteiger partial charge in [-0.2, -0.15) is 0 Å². The second kappa shape index (κ2) is 5.60. The maximum atomic E-state index is 5.43. The molecule has 1 unspecified atom stereocenters. The van der Waals surface area contributed by atoms with Crippen LogP contribution in [0.5, 0.6) is 0 Å². The predicted molar refractivity (Wildman–Crippen MR) is 53.0 cm³/mol. The standard InChI is InChI=1S/C8H18N4/c1-7(6-12(2)3)11-5-8(10)4-9/h4-5,7H,6,9-10H2,1-3H3/b8-4+,11-5?. The zero-order valence-corrected chi connectivity index (χ0v) is 7.99. The minimum absolute atomic E-state index is 0.249. The topological polar surface area (TPSA) is 67.6 Å². The van der Waals surface area contributed by atoms with Gasteiger partial charge in [-0.15, -0.1) is 0 Å². The van der Waals surface area contributed by atoms with E-state index in [1.807, 2.05) is 21.0 Å². The second-order valence-corrected chi connectivity index (χ2v) is 3.06. The van der Waals surface area contributed by atoms with Crippen molar-refractivity contribution >= 4 is 6.21 Å². The summed E-state index contributed by atoms with van der Waals surface area (Å²) < 4.78 is 0. The van der Waals surface area contributed by atoms with E-state index in [1.54, 1.807) is 6.21 Å². The molecule has 0 aromatic carbocycles. The van der Waals surface area contributed by atoms with Crippen molar-refractivity contribution in [2.45, 2.75) is 13.0 Å². The van der Waals surface area contributed by atoms with Crippen LogP contribution in [0.4, 0.5) is 0 Å². The van der Waals surface area contributed by atoms with Crippen molar-refractivity contribution in [3.63, 3.8) is 0 Å². The summed E-state index contributed by atoms with van der Waals surface area (Å²) in [5, 5.41) is 0. The highest BCUT2D eigenvalue weighted by Gasteiger charge is 1.98. The van der Waals surface area contributed by atoms with Crippen LogP contribution in [0.1, 0.15) is 6.92 Å². The molecule has 0 spiro atoms. The first-order chi connectivity index (χ1) is 5.56. The summed E-state index contributed by atoms with van der Waals surface area (Å²) in [5.74, 6) is 0. The molecule has 0 saturated heterocycles. The van der Waals surface area contributed by atoms with E-state index in [1.165, 1.54) is 6.20 Å². The lowest BCUT2D eigenvalue weighted by Gasteiger charge is -2.12. The molecule has 4 nitrogen and oxygen atoms in total. The second-order valence-electron chi connectivity index (χ2n) is 3.06. The Morgan fingerprint density at radius 1 is 1.58 bits per heavy atom. The fourth-order valence-corrected chi connectivity index (χ4v) is 0.832.